The van der Waals surface area contributed by atoms with E-state index >= 15 is 0 Å². The molecule has 1 unspecified atom stereocenters. The monoisotopic (exact) mass is 426 g/mol. The van der Waals surface area contributed by atoms with Crippen LogP contribution in [-0.2, 0) is 14.3 Å². The molecule has 0 aromatic heterocycles. The highest BCUT2D eigenvalue weighted by molar-refractivity contribution is 6.12. The predicted molar refractivity (Wildman–Crippen MR) is 110 cm³/mol. The van der Waals surface area contributed by atoms with Crippen LogP contribution < -0.4 is 10.5 Å². The number of carbonyl (C=O) groups excluding carboxylic acids is 3. The Balaban J connectivity index is 2.06. The number of carbonyl (C=O) groups is 4. The maximum Gasteiger partial charge on any atom is 0.344 e. The van der Waals surface area contributed by atoms with Gasteiger partial charge in [-0.15, -0.1) is 0 Å². The second-order valence-electron chi connectivity index (χ2n) is 6.49. The van der Waals surface area contributed by atoms with Crippen molar-refractivity contribution in [1.82, 2.24) is 0 Å². The highest BCUT2D eigenvalue weighted by atomic mass is 16.6. The molecule has 0 bridgehead atoms. The number of benzene rings is 2. The van der Waals surface area contributed by atoms with Crippen LogP contribution in [0.25, 0.3) is 0 Å². The van der Waals surface area contributed by atoms with Crippen LogP contribution in [0.15, 0.2) is 48.5 Å². The first-order chi connectivity index (χ1) is 14.7. The van der Waals surface area contributed by atoms with Gasteiger partial charge in [-0.25, -0.2) is 4.79 Å². The van der Waals surface area contributed by atoms with Crippen molar-refractivity contribution >= 4 is 29.3 Å². The van der Waals surface area contributed by atoms with Gasteiger partial charge < -0.3 is 20.3 Å². The number of nitrogens with one attached hydrogen (secondary N) is 1. The van der Waals surface area contributed by atoms with Gasteiger partial charge in [-0.2, -0.15) is 0 Å². The molecule has 0 aliphatic rings. The van der Waals surface area contributed by atoms with Crippen LogP contribution in [0.4, 0.5) is 0 Å². The molecule has 0 aliphatic carbocycles. The zero-order chi connectivity index (χ0) is 23.0. The SMILES string of the molecule is CCOC(=O)COc1ccc(C(=O)CC(C(=O)O)C(=O)c2ccc(C(=N)N)cc2)cc1. The number of carboxylic acids is 1. The van der Waals surface area contributed by atoms with E-state index in [9.17, 15) is 24.3 Å². The molecule has 31 heavy (non-hydrogen) atoms. The smallest absolute Gasteiger partial charge is 0.344 e. The molecule has 0 spiro atoms. The molecule has 0 amide bonds. The zero-order valence-corrected chi connectivity index (χ0v) is 16.8. The van der Waals surface area contributed by atoms with Crippen LogP contribution in [0.2, 0.25) is 0 Å². The van der Waals surface area contributed by atoms with Gasteiger partial charge in [-0.1, -0.05) is 24.3 Å². The second kappa shape index (κ2) is 10.7. The van der Waals surface area contributed by atoms with Gasteiger partial charge >= 0.3 is 11.9 Å². The quantitative estimate of drug-likeness (QED) is 0.162. The lowest BCUT2D eigenvalue weighted by molar-refractivity contribution is -0.145. The molecule has 0 radical (unpaired) electrons. The molecule has 0 saturated heterocycles. The summed E-state index contributed by atoms with van der Waals surface area (Å²) < 4.78 is 9.99. The summed E-state index contributed by atoms with van der Waals surface area (Å²) in [5.74, 6) is -4.59. The Morgan fingerprint density at radius 2 is 1.52 bits per heavy atom. The third kappa shape index (κ3) is 6.49. The average Bonchev–Trinajstić information content (AvgIpc) is 2.75. The van der Waals surface area contributed by atoms with Crippen molar-refractivity contribution in [1.29, 1.82) is 5.41 Å². The number of ether oxygens (including phenoxy) is 2. The maximum atomic E-state index is 12.6. The van der Waals surface area contributed by atoms with Crippen LogP contribution >= 0.6 is 0 Å². The number of hydrogen-bond acceptors (Lipinski definition) is 7. The van der Waals surface area contributed by atoms with Crippen molar-refractivity contribution in [2.24, 2.45) is 11.7 Å². The first-order valence-corrected chi connectivity index (χ1v) is 9.36. The standard InChI is InChI=1S/C22H22N2O7/c1-2-30-19(26)12-31-16-9-7-13(8-10-16)18(25)11-17(22(28)29)20(27)14-3-5-15(6-4-14)21(23)24/h3-10,17H,2,11-12H2,1H3,(H3,23,24)(H,28,29). The van der Waals surface area contributed by atoms with E-state index in [1.165, 1.54) is 48.5 Å². The number of aliphatic carboxylic acids is 1. The molecule has 2 aromatic carbocycles. The first kappa shape index (κ1) is 23.3. The number of carboxylic acid groups (broad SMARTS) is 1. The summed E-state index contributed by atoms with van der Waals surface area (Å²) in [7, 11) is 0. The van der Waals surface area contributed by atoms with Gasteiger partial charge in [0.05, 0.1) is 6.61 Å². The van der Waals surface area contributed by atoms with Gasteiger partial charge in [0.2, 0.25) is 0 Å². The summed E-state index contributed by atoms with van der Waals surface area (Å²) in [6.07, 6.45) is -0.522. The van der Waals surface area contributed by atoms with Gasteiger partial charge in [-0.05, 0) is 31.2 Å². The molecule has 0 fully saturated rings. The van der Waals surface area contributed by atoms with Crippen molar-refractivity contribution in [2.75, 3.05) is 13.2 Å². The van der Waals surface area contributed by atoms with Crippen LogP contribution in [0.5, 0.6) is 5.75 Å². The number of amidine groups is 1. The highest BCUT2D eigenvalue weighted by Gasteiger charge is 2.30. The van der Waals surface area contributed by atoms with E-state index in [-0.39, 0.29) is 30.2 Å². The maximum absolute atomic E-state index is 12.6. The average molecular weight is 426 g/mol. The Morgan fingerprint density at radius 1 is 0.968 bits per heavy atom. The molecule has 2 rings (SSSR count). The lowest BCUT2D eigenvalue weighted by Gasteiger charge is -2.12. The summed E-state index contributed by atoms with van der Waals surface area (Å²) in [6, 6.07) is 11.4. The minimum Gasteiger partial charge on any atom is -0.482 e. The van der Waals surface area contributed by atoms with Crippen LogP contribution in [-0.4, -0.2) is 47.7 Å². The lowest BCUT2D eigenvalue weighted by atomic mass is 9.90. The Labute approximate surface area is 178 Å². The molecular formula is C22H22N2O7. The summed E-state index contributed by atoms with van der Waals surface area (Å²) in [4.78, 5) is 48.1. The van der Waals surface area contributed by atoms with E-state index in [1.54, 1.807) is 6.92 Å². The summed E-state index contributed by atoms with van der Waals surface area (Å²) in [6.45, 7) is 1.63. The summed E-state index contributed by atoms with van der Waals surface area (Å²) in [5.41, 5.74) is 6.06. The third-order valence-electron chi connectivity index (χ3n) is 4.32. The van der Waals surface area contributed by atoms with Crippen molar-refractivity contribution in [2.45, 2.75) is 13.3 Å². The van der Waals surface area contributed by atoms with E-state index in [1.807, 2.05) is 0 Å². The highest BCUT2D eigenvalue weighted by Crippen LogP contribution is 2.19. The molecule has 0 saturated carbocycles. The van der Waals surface area contributed by atoms with E-state index in [4.69, 9.17) is 20.6 Å². The number of ketones is 2. The third-order valence-corrected chi connectivity index (χ3v) is 4.32. The Morgan fingerprint density at radius 3 is 2.03 bits per heavy atom. The molecule has 4 N–H and O–H groups in total. The van der Waals surface area contributed by atoms with Crippen LogP contribution in [0.1, 0.15) is 39.6 Å². The van der Waals surface area contributed by atoms with E-state index in [2.05, 4.69) is 0 Å². The topological polar surface area (TPSA) is 157 Å². The van der Waals surface area contributed by atoms with Crippen molar-refractivity contribution < 1.29 is 33.8 Å². The largest absolute Gasteiger partial charge is 0.482 e. The van der Waals surface area contributed by atoms with Crippen LogP contribution in [0.3, 0.4) is 0 Å². The molecule has 0 aliphatic heterocycles. The fourth-order valence-corrected chi connectivity index (χ4v) is 2.69. The minimum absolute atomic E-state index is 0.105. The number of rotatable bonds is 11. The summed E-state index contributed by atoms with van der Waals surface area (Å²) >= 11 is 0. The van der Waals surface area contributed by atoms with Crippen LogP contribution in [0, 0.1) is 11.3 Å². The number of esters is 1. The number of hydrogen-bond donors (Lipinski definition) is 3. The van der Waals surface area contributed by atoms with Crippen molar-refractivity contribution in [3.8, 4) is 5.75 Å². The molecule has 2 aromatic rings. The molecular weight excluding hydrogens is 404 g/mol. The fraction of sp³-hybridized carbons (Fsp3) is 0.227. The van der Waals surface area contributed by atoms with Gasteiger partial charge in [0.15, 0.2) is 18.2 Å². The molecule has 162 valence electrons. The number of nitrogen functional groups attached to an aromatic ring is 1. The molecule has 9 nitrogen and oxygen atoms in total. The Hall–Kier alpha value is -4.01. The van der Waals surface area contributed by atoms with E-state index in [0.717, 1.165) is 0 Å². The zero-order valence-electron chi connectivity index (χ0n) is 16.8. The van der Waals surface area contributed by atoms with E-state index in [0.29, 0.717) is 11.3 Å². The van der Waals surface area contributed by atoms with Gasteiger partial charge in [0.1, 0.15) is 17.5 Å². The first-order valence-electron chi connectivity index (χ1n) is 9.36. The van der Waals surface area contributed by atoms with Crippen molar-refractivity contribution in [3.05, 3.63) is 65.2 Å². The number of nitrogens with two attached hydrogens (primary N) is 1. The lowest BCUT2D eigenvalue weighted by Crippen LogP contribution is -2.27. The predicted octanol–water partition coefficient (Wildman–Crippen LogP) is 2.07. The molecule has 0 heterocycles. The van der Waals surface area contributed by atoms with Gasteiger partial charge in [0, 0.05) is 23.1 Å². The van der Waals surface area contributed by atoms with Gasteiger partial charge in [-0.3, -0.25) is 19.8 Å². The number of Topliss-reactive ketones (excluding diaryl/α,β-unsaturated/α-hetero) is 2. The summed E-state index contributed by atoms with van der Waals surface area (Å²) in [5, 5.41) is 16.8. The Bertz CT molecular complexity index is 982. The molecule has 9 heteroatoms. The van der Waals surface area contributed by atoms with E-state index < -0.39 is 35.8 Å². The van der Waals surface area contributed by atoms with Gasteiger partial charge in [0.25, 0.3) is 0 Å². The normalized spacial score (nSPS) is 11.3. The second-order valence-corrected chi connectivity index (χ2v) is 6.49. The Kier molecular flexibility index (Phi) is 8.01. The van der Waals surface area contributed by atoms with Crippen molar-refractivity contribution in [3.63, 3.8) is 0 Å². The fourth-order valence-electron chi connectivity index (χ4n) is 2.69. The minimum atomic E-state index is -1.56. The molecule has 1 atom stereocenters.